The molecule has 1 saturated carbocycles. The van der Waals surface area contributed by atoms with Gasteiger partial charge >= 0.3 is 0 Å². The van der Waals surface area contributed by atoms with Crippen LogP contribution in [0.3, 0.4) is 0 Å². The van der Waals surface area contributed by atoms with Gasteiger partial charge in [-0.05, 0) is 24.2 Å². The largest absolute Gasteiger partial charge is 0.126 e. The van der Waals surface area contributed by atoms with E-state index in [1.54, 1.807) is 0 Å². The lowest BCUT2D eigenvalue weighted by molar-refractivity contribution is 0.0805. The van der Waals surface area contributed by atoms with Crippen molar-refractivity contribution in [2.75, 3.05) is 5.88 Å². The highest BCUT2D eigenvalue weighted by Crippen LogP contribution is 2.49. The fraction of sp³-hybridized carbons (Fsp3) is 1.00. The van der Waals surface area contributed by atoms with Gasteiger partial charge in [0.1, 0.15) is 0 Å². The average molecular weight is 175 g/mol. The predicted octanol–water partition coefficient (Wildman–Crippen LogP) is 3.83. The summed E-state index contributed by atoms with van der Waals surface area (Å²) in [7, 11) is 0. The molecular formula is C10H19Cl. The second-order valence-electron chi connectivity index (χ2n) is 4.04. The molecule has 0 aliphatic heterocycles. The van der Waals surface area contributed by atoms with Gasteiger partial charge in [0, 0.05) is 5.88 Å². The minimum absolute atomic E-state index is 0.539. The van der Waals surface area contributed by atoms with Gasteiger partial charge in [-0.1, -0.05) is 33.1 Å². The van der Waals surface area contributed by atoms with E-state index in [2.05, 4.69) is 13.8 Å². The Morgan fingerprint density at radius 1 is 1.45 bits per heavy atom. The van der Waals surface area contributed by atoms with E-state index < -0.39 is 0 Å². The van der Waals surface area contributed by atoms with Crippen molar-refractivity contribution in [2.24, 2.45) is 11.3 Å². The van der Waals surface area contributed by atoms with Gasteiger partial charge in [0.05, 0.1) is 0 Å². The second-order valence-corrected chi connectivity index (χ2v) is 4.31. The van der Waals surface area contributed by atoms with Crippen molar-refractivity contribution in [3.05, 3.63) is 0 Å². The van der Waals surface area contributed by atoms with Crippen LogP contribution in [0.25, 0.3) is 0 Å². The molecule has 0 radical (unpaired) electrons. The topological polar surface area (TPSA) is 0 Å². The first-order valence-corrected chi connectivity index (χ1v) is 5.34. The van der Waals surface area contributed by atoms with Crippen molar-refractivity contribution < 1.29 is 0 Å². The van der Waals surface area contributed by atoms with Crippen LogP contribution in [0.2, 0.25) is 0 Å². The quantitative estimate of drug-likeness (QED) is 0.569. The predicted molar refractivity (Wildman–Crippen MR) is 51.1 cm³/mol. The Hall–Kier alpha value is 0.290. The molecule has 0 aromatic carbocycles. The molecule has 1 rings (SSSR count). The third-order valence-electron chi connectivity index (χ3n) is 3.38. The first kappa shape index (κ1) is 9.38. The Bertz CT molecular complexity index is 111. The van der Waals surface area contributed by atoms with Crippen LogP contribution in [0.15, 0.2) is 0 Å². The number of halogens is 1. The second kappa shape index (κ2) is 3.80. The normalized spacial score (nSPS) is 24.3. The Morgan fingerprint density at radius 2 is 2.09 bits per heavy atom. The van der Waals surface area contributed by atoms with E-state index in [0.29, 0.717) is 5.41 Å². The van der Waals surface area contributed by atoms with Gasteiger partial charge in [0.2, 0.25) is 0 Å². The molecule has 0 saturated heterocycles. The summed E-state index contributed by atoms with van der Waals surface area (Å²) in [6, 6.07) is 0. The summed E-state index contributed by atoms with van der Waals surface area (Å²) in [5, 5.41) is 0. The van der Waals surface area contributed by atoms with E-state index in [4.69, 9.17) is 11.6 Å². The van der Waals surface area contributed by atoms with Crippen LogP contribution in [0.5, 0.6) is 0 Å². The third kappa shape index (κ3) is 1.72. The van der Waals surface area contributed by atoms with Gasteiger partial charge in [0.15, 0.2) is 0 Å². The van der Waals surface area contributed by atoms with Crippen molar-refractivity contribution in [1.29, 1.82) is 0 Å². The fourth-order valence-corrected chi connectivity index (χ4v) is 2.66. The van der Waals surface area contributed by atoms with Gasteiger partial charge in [-0.25, -0.2) is 0 Å². The summed E-state index contributed by atoms with van der Waals surface area (Å²) in [6.45, 7) is 4.63. The zero-order valence-corrected chi connectivity index (χ0v) is 8.45. The molecule has 1 aliphatic carbocycles. The highest BCUT2D eigenvalue weighted by atomic mass is 35.5. The highest BCUT2D eigenvalue weighted by Gasteiger charge is 2.40. The molecule has 0 nitrogen and oxygen atoms in total. The van der Waals surface area contributed by atoms with Gasteiger partial charge in [-0.15, -0.1) is 11.6 Å². The molecule has 66 valence electrons. The van der Waals surface area contributed by atoms with Crippen LogP contribution >= 0.6 is 11.6 Å². The summed E-state index contributed by atoms with van der Waals surface area (Å²) in [6.07, 6.45) is 6.81. The van der Waals surface area contributed by atoms with Crippen LogP contribution in [0.4, 0.5) is 0 Å². The minimum atomic E-state index is 0.539. The fourth-order valence-electron chi connectivity index (χ4n) is 2.13. The maximum absolute atomic E-state index is 5.99. The molecule has 0 N–H and O–H groups in total. The van der Waals surface area contributed by atoms with E-state index in [-0.39, 0.29) is 0 Å². The van der Waals surface area contributed by atoms with Gasteiger partial charge in [-0.3, -0.25) is 0 Å². The zero-order chi connectivity index (χ0) is 8.32. The molecule has 0 aromatic rings. The van der Waals surface area contributed by atoms with Gasteiger partial charge in [-0.2, -0.15) is 0 Å². The highest BCUT2D eigenvalue weighted by molar-refractivity contribution is 6.18. The monoisotopic (exact) mass is 174 g/mol. The Labute approximate surface area is 75.3 Å². The molecule has 1 fully saturated rings. The van der Waals surface area contributed by atoms with E-state index in [1.807, 2.05) is 0 Å². The maximum Gasteiger partial charge on any atom is 0.0282 e. The lowest BCUT2D eigenvalue weighted by Gasteiger charge is -2.45. The number of rotatable bonds is 4. The lowest BCUT2D eigenvalue weighted by atomic mass is 9.62. The Kier molecular flexibility index (Phi) is 3.24. The van der Waals surface area contributed by atoms with Crippen molar-refractivity contribution in [1.82, 2.24) is 0 Å². The van der Waals surface area contributed by atoms with E-state index >= 15 is 0 Å². The van der Waals surface area contributed by atoms with Crippen molar-refractivity contribution in [2.45, 2.75) is 46.0 Å². The Morgan fingerprint density at radius 3 is 2.36 bits per heavy atom. The van der Waals surface area contributed by atoms with Crippen LogP contribution in [-0.2, 0) is 0 Å². The van der Waals surface area contributed by atoms with Crippen LogP contribution in [0, 0.1) is 11.3 Å². The number of hydrogen-bond acceptors (Lipinski definition) is 0. The van der Waals surface area contributed by atoms with Crippen molar-refractivity contribution in [3.8, 4) is 0 Å². The smallest absolute Gasteiger partial charge is 0.0282 e. The first-order valence-electron chi connectivity index (χ1n) is 4.81. The summed E-state index contributed by atoms with van der Waals surface area (Å²) in [4.78, 5) is 0. The van der Waals surface area contributed by atoms with E-state index in [9.17, 15) is 0 Å². The molecule has 0 heterocycles. The zero-order valence-electron chi connectivity index (χ0n) is 7.70. The van der Waals surface area contributed by atoms with E-state index in [1.165, 1.54) is 32.1 Å². The molecular weight excluding hydrogens is 156 g/mol. The molecule has 0 spiro atoms. The van der Waals surface area contributed by atoms with Crippen molar-refractivity contribution in [3.63, 3.8) is 0 Å². The molecule has 1 atom stereocenters. The number of hydrogen-bond donors (Lipinski definition) is 0. The lowest BCUT2D eigenvalue weighted by Crippen LogP contribution is -2.37. The minimum Gasteiger partial charge on any atom is -0.126 e. The number of alkyl halides is 1. The summed E-state index contributed by atoms with van der Waals surface area (Å²) < 4.78 is 0. The summed E-state index contributed by atoms with van der Waals surface area (Å²) in [5.41, 5.74) is 0.539. The summed E-state index contributed by atoms with van der Waals surface area (Å²) >= 11 is 5.99. The molecule has 0 aromatic heterocycles. The molecule has 1 heteroatoms. The van der Waals surface area contributed by atoms with Gasteiger partial charge in [0.25, 0.3) is 0 Å². The molecule has 1 aliphatic rings. The van der Waals surface area contributed by atoms with Crippen molar-refractivity contribution >= 4 is 11.6 Å². The third-order valence-corrected chi connectivity index (χ3v) is 3.91. The van der Waals surface area contributed by atoms with E-state index in [0.717, 1.165) is 11.8 Å². The van der Waals surface area contributed by atoms with Crippen LogP contribution in [0.1, 0.15) is 46.0 Å². The van der Waals surface area contributed by atoms with Crippen LogP contribution < -0.4 is 0 Å². The average Bonchev–Trinajstić information content (AvgIpc) is 1.87. The van der Waals surface area contributed by atoms with Gasteiger partial charge < -0.3 is 0 Å². The molecule has 0 bridgehead atoms. The summed E-state index contributed by atoms with van der Waals surface area (Å²) in [5.74, 6) is 1.73. The SMILES string of the molecule is CCCC(C)C1(CCl)CCC1. The first-order chi connectivity index (χ1) is 5.25. The standard InChI is InChI=1S/C10H19Cl/c1-3-5-9(2)10(8-11)6-4-7-10/h9H,3-8H2,1-2H3. The molecule has 1 unspecified atom stereocenters. The molecule has 0 amide bonds. The Balaban J connectivity index is 2.40. The molecule has 11 heavy (non-hydrogen) atoms. The maximum atomic E-state index is 5.99. The van der Waals surface area contributed by atoms with Crippen LogP contribution in [-0.4, -0.2) is 5.88 Å².